The molecule has 5 aromatic rings. The standard InChI is InChI=1S/C28H24N4O7/c1-4-37-24-14-17(13-21(32(34)35)26(24)38-5-2)16-29-31-27(30-20-10-7-6-9-18(20)28(31)33)25-15-19-22(36-3)11-8-12-23(19)39-25/h6-16H,4-5H2,1-3H3. The van der Waals surface area contributed by atoms with Gasteiger partial charge >= 0.3 is 5.69 Å². The number of hydrogen-bond donors (Lipinski definition) is 0. The zero-order valence-corrected chi connectivity index (χ0v) is 21.4. The Morgan fingerprint density at radius 3 is 2.56 bits per heavy atom. The molecule has 11 nitrogen and oxygen atoms in total. The van der Waals surface area contributed by atoms with Crippen LogP contribution in [0.3, 0.4) is 0 Å². The van der Waals surface area contributed by atoms with E-state index in [9.17, 15) is 14.9 Å². The highest BCUT2D eigenvalue weighted by Crippen LogP contribution is 2.38. The van der Waals surface area contributed by atoms with Crippen LogP contribution in [0, 0.1) is 10.1 Å². The van der Waals surface area contributed by atoms with Gasteiger partial charge in [-0.1, -0.05) is 18.2 Å². The van der Waals surface area contributed by atoms with Crippen LogP contribution in [0.25, 0.3) is 33.5 Å². The predicted octanol–water partition coefficient (Wildman–Crippen LogP) is 5.41. The van der Waals surface area contributed by atoms with Gasteiger partial charge in [0.15, 0.2) is 11.5 Å². The first-order valence-electron chi connectivity index (χ1n) is 12.2. The zero-order chi connectivity index (χ0) is 27.5. The fraction of sp³-hybridized carbons (Fsp3) is 0.179. The van der Waals surface area contributed by atoms with E-state index in [0.29, 0.717) is 38.9 Å². The molecule has 0 N–H and O–H groups in total. The molecule has 0 saturated carbocycles. The molecule has 0 fully saturated rings. The van der Waals surface area contributed by atoms with Crippen LogP contribution < -0.4 is 19.8 Å². The smallest absolute Gasteiger partial charge is 0.315 e. The minimum absolute atomic E-state index is 0.0305. The van der Waals surface area contributed by atoms with Crippen molar-refractivity contribution in [2.45, 2.75) is 13.8 Å². The van der Waals surface area contributed by atoms with Crippen molar-refractivity contribution in [3.8, 4) is 28.8 Å². The number of ether oxygens (including phenoxy) is 3. The Labute approximate surface area is 222 Å². The molecule has 0 saturated heterocycles. The van der Waals surface area contributed by atoms with Gasteiger partial charge in [-0.05, 0) is 50.2 Å². The fourth-order valence-corrected chi connectivity index (χ4v) is 4.21. The lowest BCUT2D eigenvalue weighted by molar-refractivity contribution is -0.385. The van der Waals surface area contributed by atoms with Gasteiger partial charge in [0.2, 0.25) is 11.6 Å². The number of nitrogens with zero attached hydrogens (tertiary/aromatic N) is 4. The number of rotatable bonds is 9. The molecular weight excluding hydrogens is 504 g/mol. The average molecular weight is 529 g/mol. The number of para-hydroxylation sites is 1. The predicted molar refractivity (Wildman–Crippen MR) is 146 cm³/mol. The van der Waals surface area contributed by atoms with E-state index in [4.69, 9.17) is 18.6 Å². The summed E-state index contributed by atoms with van der Waals surface area (Å²) in [5.41, 5.74) is 0.617. The molecule has 0 aliphatic rings. The van der Waals surface area contributed by atoms with Gasteiger partial charge < -0.3 is 18.6 Å². The minimum Gasteiger partial charge on any atom is -0.496 e. The van der Waals surface area contributed by atoms with Crippen molar-refractivity contribution in [1.82, 2.24) is 9.66 Å². The van der Waals surface area contributed by atoms with E-state index < -0.39 is 10.5 Å². The second-order valence-corrected chi connectivity index (χ2v) is 8.29. The first-order valence-corrected chi connectivity index (χ1v) is 12.2. The maximum atomic E-state index is 13.6. The molecule has 198 valence electrons. The van der Waals surface area contributed by atoms with Crippen molar-refractivity contribution in [1.29, 1.82) is 0 Å². The van der Waals surface area contributed by atoms with Gasteiger partial charge in [-0.15, -0.1) is 0 Å². The summed E-state index contributed by atoms with van der Waals surface area (Å²) in [7, 11) is 1.56. The molecule has 39 heavy (non-hydrogen) atoms. The van der Waals surface area contributed by atoms with E-state index >= 15 is 0 Å². The van der Waals surface area contributed by atoms with Crippen LogP contribution in [0.2, 0.25) is 0 Å². The Balaban J connectivity index is 1.70. The molecule has 0 aliphatic carbocycles. The quantitative estimate of drug-likeness (QED) is 0.141. The van der Waals surface area contributed by atoms with Crippen LogP contribution in [0.5, 0.6) is 17.2 Å². The lowest BCUT2D eigenvalue weighted by Gasteiger charge is -2.12. The molecular formula is C28H24N4O7. The molecule has 5 rings (SSSR count). The Morgan fingerprint density at radius 2 is 1.82 bits per heavy atom. The van der Waals surface area contributed by atoms with Crippen LogP contribution in [0.4, 0.5) is 5.69 Å². The Kier molecular flexibility index (Phi) is 6.96. The summed E-state index contributed by atoms with van der Waals surface area (Å²) in [6.07, 6.45) is 1.33. The third kappa shape index (κ3) is 4.77. The summed E-state index contributed by atoms with van der Waals surface area (Å²) < 4.78 is 23.7. The number of furan rings is 1. The lowest BCUT2D eigenvalue weighted by atomic mass is 10.2. The Bertz CT molecular complexity index is 1790. The van der Waals surface area contributed by atoms with E-state index in [0.717, 1.165) is 4.68 Å². The summed E-state index contributed by atoms with van der Waals surface area (Å²) in [6.45, 7) is 3.98. The maximum Gasteiger partial charge on any atom is 0.315 e. The first-order chi connectivity index (χ1) is 18.9. The number of nitro groups is 1. The highest BCUT2D eigenvalue weighted by atomic mass is 16.6. The second kappa shape index (κ2) is 10.7. The van der Waals surface area contributed by atoms with Crippen molar-refractivity contribution in [2.75, 3.05) is 20.3 Å². The normalized spacial score (nSPS) is 11.4. The average Bonchev–Trinajstić information content (AvgIpc) is 3.38. The van der Waals surface area contributed by atoms with Crippen LogP contribution in [0.15, 0.2) is 75.0 Å². The number of benzene rings is 3. The van der Waals surface area contributed by atoms with Crippen molar-refractivity contribution < 1.29 is 23.6 Å². The SMILES string of the molecule is CCOc1cc(C=Nn2c(-c3cc4c(OC)cccc4o3)nc3ccccc3c2=O)cc([N+](=O)[O-])c1OCC. The molecule has 0 spiro atoms. The molecule has 2 heterocycles. The summed E-state index contributed by atoms with van der Waals surface area (Å²) >= 11 is 0. The van der Waals surface area contributed by atoms with E-state index in [1.165, 1.54) is 12.3 Å². The number of nitro benzene ring substituents is 1. The molecule has 0 aliphatic heterocycles. The minimum atomic E-state index is -0.554. The number of hydrogen-bond acceptors (Lipinski definition) is 9. The summed E-state index contributed by atoms with van der Waals surface area (Å²) in [5, 5.41) is 17.2. The molecule has 11 heteroatoms. The van der Waals surface area contributed by atoms with E-state index in [-0.39, 0.29) is 36.2 Å². The van der Waals surface area contributed by atoms with Gasteiger partial charge in [-0.2, -0.15) is 9.78 Å². The number of aromatic nitrogens is 2. The molecule has 0 unspecified atom stereocenters. The Hall–Kier alpha value is -5.19. The van der Waals surface area contributed by atoms with E-state index in [1.54, 1.807) is 75.6 Å². The number of methoxy groups -OCH3 is 1. The topological polar surface area (TPSA) is 131 Å². The van der Waals surface area contributed by atoms with Gasteiger partial charge in [-0.3, -0.25) is 14.9 Å². The molecule has 3 aromatic carbocycles. The van der Waals surface area contributed by atoms with Gasteiger partial charge in [0, 0.05) is 11.6 Å². The lowest BCUT2D eigenvalue weighted by Crippen LogP contribution is -2.20. The fourth-order valence-electron chi connectivity index (χ4n) is 4.21. The molecule has 2 aromatic heterocycles. The van der Waals surface area contributed by atoms with Gasteiger partial charge in [0.1, 0.15) is 11.3 Å². The zero-order valence-electron chi connectivity index (χ0n) is 21.4. The van der Waals surface area contributed by atoms with E-state index in [2.05, 4.69) is 10.1 Å². The van der Waals surface area contributed by atoms with Crippen LogP contribution in [-0.4, -0.2) is 41.1 Å². The van der Waals surface area contributed by atoms with Gasteiger partial charge in [0.25, 0.3) is 5.56 Å². The number of fused-ring (bicyclic) bond motifs is 2. The monoisotopic (exact) mass is 528 g/mol. The largest absolute Gasteiger partial charge is 0.496 e. The van der Waals surface area contributed by atoms with Crippen molar-refractivity contribution >= 4 is 33.8 Å². The van der Waals surface area contributed by atoms with Crippen molar-refractivity contribution in [2.24, 2.45) is 5.10 Å². The molecule has 0 atom stereocenters. The van der Waals surface area contributed by atoms with Gasteiger partial charge in [0.05, 0.1) is 47.8 Å². The van der Waals surface area contributed by atoms with Crippen LogP contribution >= 0.6 is 0 Å². The van der Waals surface area contributed by atoms with E-state index in [1.807, 2.05) is 0 Å². The van der Waals surface area contributed by atoms with Crippen molar-refractivity contribution in [3.63, 3.8) is 0 Å². The first kappa shape index (κ1) is 25.5. The highest BCUT2D eigenvalue weighted by molar-refractivity contribution is 5.89. The van der Waals surface area contributed by atoms with Gasteiger partial charge in [-0.25, -0.2) is 4.98 Å². The molecule has 0 radical (unpaired) electrons. The third-order valence-electron chi connectivity index (χ3n) is 5.88. The summed E-state index contributed by atoms with van der Waals surface area (Å²) in [6, 6.07) is 16.9. The second-order valence-electron chi connectivity index (χ2n) is 8.29. The van der Waals surface area contributed by atoms with Crippen LogP contribution in [-0.2, 0) is 0 Å². The Morgan fingerprint density at radius 1 is 1.03 bits per heavy atom. The molecule has 0 bridgehead atoms. The third-order valence-corrected chi connectivity index (χ3v) is 5.88. The van der Waals surface area contributed by atoms with Crippen molar-refractivity contribution in [3.05, 3.63) is 86.7 Å². The maximum absolute atomic E-state index is 13.6. The summed E-state index contributed by atoms with van der Waals surface area (Å²) in [4.78, 5) is 29.5. The summed E-state index contributed by atoms with van der Waals surface area (Å²) in [5.74, 6) is 1.28. The molecule has 0 amide bonds. The van der Waals surface area contributed by atoms with Crippen LogP contribution in [0.1, 0.15) is 19.4 Å². The highest BCUT2D eigenvalue weighted by Gasteiger charge is 2.23.